The van der Waals surface area contributed by atoms with Gasteiger partial charge in [-0.2, -0.15) is 0 Å². The van der Waals surface area contributed by atoms with Crippen molar-refractivity contribution in [3.8, 4) is 0 Å². The van der Waals surface area contributed by atoms with Crippen molar-refractivity contribution >= 4 is 11.9 Å². The van der Waals surface area contributed by atoms with E-state index in [2.05, 4.69) is 43.5 Å². The summed E-state index contributed by atoms with van der Waals surface area (Å²) in [6, 6.07) is -0.626. The lowest BCUT2D eigenvalue weighted by atomic mass is 10.0. The van der Waals surface area contributed by atoms with Crippen molar-refractivity contribution < 1.29 is 24.5 Å². The molecule has 0 bridgehead atoms. The monoisotopic (exact) mass is 984 g/mol. The molecule has 0 aromatic rings. The first-order valence-corrected chi connectivity index (χ1v) is 31.3. The molecule has 0 aromatic carbocycles. The molecule has 0 aliphatic carbocycles. The molecule has 2 unspecified atom stereocenters. The van der Waals surface area contributed by atoms with Crippen LogP contribution >= 0.6 is 0 Å². The molecule has 6 nitrogen and oxygen atoms in total. The highest BCUT2D eigenvalue weighted by Crippen LogP contribution is 2.17. The van der Waals surface area contributed by atoms with Crippen LogP contribution in [0.2, 0.25) is 0 Å². The first kappa shape index (κ1) is 68.1. The van der Waals surface area contributed by atoms with E-state index in [1.165, 1.54) is 257 Å². The molecule has 3 N–H and O–H groups in total. The Morgan fingerprint density at radius 2 is 0.714 bits per heavy atom. The second-order valence-electron chi connectivity index (χ2n) is 21.4. The largest absolute Gasteiger partial charge is 0.466 e. The number of nitrogens with one attached hydrogen (secondary N) is 1. The number of rotatable bonds is 58. The first-order valence-electron chi connectivity index (χ1n) is 31.3. The molecule has 0 heterocycles. The zero-order valence-electron chi connectivity index (χ0n) is 47.0. The quantitative estimate of drug-likeness (QED) is 0.0321. The average molecular weight is 985 g/mol. The lowest BCUT2D eigenvalue weighted by molar-refractivity contribution is -0.143. The molecule has 0 aliphatic rings. The highest BCUT2D eigenvalue weighted by atomic mass is 16.5. The number of unbranched alkanes of at least 4 members (excludes halogenated alkanes) is 43. The van der Waals surface area contributed by atoms with Crippen molar-refractivity contribution in [3.63, 3.8) is 0 Å². The summed E-state index contributed by atoms with van der Waals surface area (Å²) in [5, 5.41) is 23.1. The van der Waals surface area contributed by atoms with Crippen LogP contribution in [0.25, 0.3) is 0 Å². The minimum Gasteiger partial charge on any atom is -0.466 e. The van der Waals surface area contributed by atoms with Crippen LogP contribution in [-0.2, 0) is 14.3 Å². The van der Waals surface area contributed by atoms with Gasteiger partial charge in [-0.1, -0.05) is 294 Å². The molecule has 2 atom stereocenters. The average Bonchev–Trinajstić information content (AvgIpc) is 3.36. The smallest absolute Gasteiger partial charge is 0.305 e. The molecule has 6 heteroatoms. The van der Waals surface area contributed by atoms with E-state index in [-0.39, 0.29) is 18.5 Å². The van der Waals surface area contributed by atoms with Gasteiger partial charge >= 0.3 is 5.97 Å². The van der Waals surface area contributed by atoms with E-state index < -0.39 is 12.1 Å². The van der Waals surface area contributed by atoms with Crippen LogP contribution in [0.1, 0.15) is 335 Å². The normalized spacial score (nSPS) is 12.8. The van der Waals surface area contributed by atoms with E-state index in [9.17, 15) is 19.8 Å². The van der Waals surface area contributed by atoms with Crippen LogP contribution in [0.4, 0.5) is 0 Å². The molecule has 70 heavy (non-hydrogen) atoms. The Kier molecular flexibility index (Phi) is 58.0. The number of aliphatic hydroxyl groups excluding tert-OH is 2. The lowest BCUT2D eigenvalue weighted by Crippen LogP contribution is -2.45. The number of aliphatic hydroxyl groups is 2. The second kappa shape index (κ2) is 59.6. The van der Waals surface area contributed by atoms with Crippen molar-refractivity contribution in [1.29, 1.82) is 0 Å². The molecule has 0 radical (unpaired) electrons. The minimum atomic E-state index is -0.842. The predicted molar refractivity (Wildman–Crippen MR) is 306 cm³/mol. The zero-order chi connectivity index (χ0) is 50.7. The van der Waals surface area contributed by atoms with Crippen molar-refractivity contribution in [1.82, 2.24) is 5.32 Å². The molecule has 412 valence electrons. The molecule has 0 aliphatic heterocycles. The number of carbonyl (C=O) groups excluding carboxylic acids is 2. The molecular formula is C64H121NO5. The van der Waals surface area contributed by atoms with E-state index in [4.69, 9.17) is 4.74 Å². The van der Waals surface area contributed by atoms with Crippen LogP contribution in [0.5, 0.6) is 0 Å². The maximum Gasteiger partial charge on any atom is 0.305 e. The third kappa shape index (κ3) is 55.4. The fraction of sp³-hybridized carbons (Fsp3) is 0.875. The summed E-state index contributed by atoms with van der Waals surface area (Å²) in [6.45, 7) is 4.88. The zero-order valence-corrected chi connectivity index (χ0v) is 47.0. The van der Waals surface area contributed by atoms with Gasteiger partial charge in [-0.05, 0) is 64.2 Å². The number of amides is 1. The first-order chi connectivity index (χ1) is 34.5. The molecule has 0 saturated heterocycles. The third-order valence-corrected chi connectivity index (χ3v) is 14.4. The minimum absolute atomic E-state index is 0.00715. The van der Waals surface area contributed by atoms with Gasteiger partial charge in [0, 0.05) is 12.8 Å². The fourth-order valence-corrected chi connectivity index (χ4v) is 9.61. The van der Waals surface area contributed by atoms with Gasteiger partial charge in [0.1, 0.15) is 0 Å². The lowest BCUT2D eigenvalue weighted by Gasteiger charge is -2.20. The van der Waals surface area contributed by atoms with Gasteiger partial charge in [-0.3, -0.25) is 9.59 Å². The predicted octanol–water partition coefficient (Wildman–Crippen LogP) is 19.6. The van der Waals surface area contributed by atoms with Gasteiger partial charge in [0.25, 0.3) is 0 Å². The SMILES string of the molecule is CCCCC/C=C\C/C=C\CCCCCCCCCC(=O)OCCCCCCCCCCCCCCCCCCCCCCCCCCC(=O)NC(CO)C(O)/C=C/CCCCCCCCCCCC. The van der Waals surface area contributed by atoms with E-state index in [1.54, 1.807) is 6.08 Å². The summed E-state index contributed by atoms with van der Waals surface area (Å²) in [5.74, 6) is -0.0598. The Bertz CT molecular complexity index is 1130. The van der Waals surface area contributed by atoms with Crippen molar-refractivity contribution in [2.45, 2.75) is 347 Å². The Morgan fingerprint density at radius 1 is 0.400 bits per heavy atom. The van der Waals surface area contributed by atoms with Crippen LogP contribution in [-0.4, -0.2) is 47.4 Å². The van der Waals surface area contributed by atoms with Crippen molar-refractivity contribution in [2.24, 2.45) is 0 Å². The summed E-state index contributed by atoms with van der Waals surface area (Å²) in [5.41, 5.74) is 0. The van der Waals surface area contributed by atoms with Crippen molar-refractivity contribution in [2.75, 3.05) is 13.2 Å². The maximum atomic E-state index is 12.4. The third-order valence-electron chi connectivity index (χ3n) is 14.4. The summed E-state index contributed by atoms with van der Waals surface area (Å²) >= 11 is 0. The number of esters is 1. The highest BCUT2D eigenvalue weighted by molar-refractivity contribution is 5.76. The Balaban J connectivity index is 3.37. The number of carbonyl (C=O) groups is 2. The maximum absolute atomic E-state index is 12.4. The van der Waals surface area contributed by atoms with Gasteiger partial charge in [-0.15, -0.1) is 0 Å². The summed E-state index contributed by atoms with van der Waals surface area (Å²) < 4.78 is 5.49. The molecule has 0 spiro atoms. The highest BCUT2D eigenvalue weighted by Gasteiger charge is 2.18. The molecule has 0 aromatic heterocycles. The van der Waals surface area contributed by atoms with Crippen molar-refractivity contribution in [3.05, 3.63) is 36.5 Å². The van der Waals surface area contributed by atoms with E-state index in [1.807, 2.05) is 6.08 Å². The molecule has 0 fully saturated rings. The van der Waals surface area contributed by atoms with E-state index >= 15 is 0 Å². The van der Waals surface area contributed by atoms with Gasteiger partial charge in [0.15, 0.2) is 0 Å². The van der Waals surface area contributed by atoms with Gasteiger partial charge in [-0.25, -0.2) is 0 Å². The van der Waals surface area contributed by atoms with Gasteiger partial charge < -0.3 is 20.3 Å². The number of hydrogen-bond donors (Lipinski definition) is 3. The number of ether oxygens (including phenoxy) is 1. The Labute approximate surface area is 436 Å². The van der Waals surface area contributed by atoms with Crippen LogP contribution < -0.4 is 5.32 Å². The van der Waals surface area contributed by atoms with Crippen LogP contribution in [0.15, 0.2) is 36.5 Å². The molecule has 0 rings (SSSR count). The standard InChI is InChI=1S/C64H121NO5/c1-3-5-7-9-11-13-15-17-18-27-31-34-38-42-46-50-54-58-64(69)70-59-55-51-47-43-39-35-32-29-26-24-22-20-19-21-23-25-28-30-33-37-41-45-49-53-57-63(68)65-61(60-66)62(67)56-52-48-44-40-36-16-14-12-10-8-6-4-2/h11,13,17-18,52,56,61-62,66-67H,3-10,12,14-16,19-51,53-55,57-60H2,1-2H3,(H,65,68)/b13-11-,18-17-,56-52+. The van der Waals surface area contributed by atoms with E-state index in [0.29, 0.717) is 19.4 Å². The Hall–Kier alpha value is -1.92. The van der Waals surface area contributed by atoms with Crippen LogP contribution in [0.3, 0.4) is 0 Å². The Morgan fingerprint density at radius 3 is 1.11 bits per heavy atom. The summed E-state index contributed by atoms with van der Waals surface area (Å²) in [6.07, 6.45) is 74.7. The summed E-state index contributed by atoms with van der Waals surface area (Å²) in [4.78, 5) is 24.5. The number of allylic oxidation sites excluding steroid dienone is 5. The molecule has 0 saturated carbocycles. The second-order valence-corrected chi connectivity index (χ2v) is 21.4. The van der Waals surface area contributed by atoms with Gasteiger partial charge in [0.05, 0.1) is 25.4 Å². The van der Waals surface area contributed by atoms with Crippen LogP contribution in [0, 0.1) is 0 Å². The van der Waals surface area contributed by atoms with E-state index in [0.717, 1.165) is 51.4 Å². The molecular weight excluding hydrogens is 863 g/mol. The summed E-state index contributed by atoms with van der Waals surface area (Å²) in [7, 11) is 0. The number of hydrogen-bond acceptors (Lipinski definition) is 5. The fourth-order valence-electron chi connectivity index (χ4n) is 9.61. The molecule has 1 amide bonds. The topological polar surface area (TPSA) is 95.9 Å². The van der Waals surface area contributed by atoms with Gasteiger partial charge in [0.2, 0.25) is 5.91 Å².